The van der Waals surface area contributed by atoms with E-state index in [0.717, 1.165) is 77.5 Å². The van der Waals surface area contributed by atoms with Crippen molar-refractivity contribution in [3.05, 3.63) is 75.7 Å². The third kappa shape index (κ3) is 8.41. The highest BCUT2D eigenvalue weighted by molar-refractivity contribution is 5.88. The number of likely N-dealkylation sites (tertiary alicyclic amines) is 2. The molecule has 53 heavy (non-hydrogen) atoms. The molecule has 3 aliphatic heterocycles. The minimum Gasteiger partial charge on any atom is -0.442 e. The molecule has 13 nitrogen and oxygen atoms in total. The number of esters is 1. The number of fused-ring (bicyclic) bond motifs is 2. The Morgan fingerprint density at radius 1 is 0.925 bits per heavy atom. The van der Waals surface area contributed by atoms with E-state index >= 15 is 0 Å². The first-order valence-corrected chi connectivity index (χ1v) is 19.2. The highest BCUT2D eigenvalue weighted by Crippen LogP contribution is 2.28. The van der Waals surface area contributed by atoms with Gasteiger partial charge >= 0.3 is 12.0 Å². The predicted molar refractivity (Wildman–Crippen MR) is 204 cm³/mol. The zero-order valence-corrected chi connectivity index (χ0v) is 31.2. The molecule has 282 valence electrons. The lowest BCUT2D eigenvalue weighted by Crippen LogP contribution is -2.59. The Bertz CT molecular complexity index is 2000. The van der Waals surface area contributed by atoms with Crippen LogP contribution >= 0.6 is 0 Å². The number of carbonyl (C=O) groups is 3. The Morgan fingerprint density at radius 3 is 2.40 bits per heavy atom. The highest BCUT2D eigenvalue weighted by atomic mass is 16.5. The maximum atomic E-state index is 14.3. The number of aromatic amines is 1. The van der Waals surface area contributed by atoms with Crippen molar-refractivity contribution in [3.8, 4) is 0 Å². The number of para-hydroxylation sites is 1. The molecule has 3 aliphatic rings. The van der Waals surface area contributed by atoms with Gasteiger partial charge in [0.25, 0.3) is 5.56 Å². The minimum atomic E-state index is -0.754. The average Bonchev–Trinajstić information content (AvgIpc) is 3.60. The number of amides is 3. The number of carbonyl (C=O) groups excluding carboxylic acids is 3. The van der Waals surface area contributed by atoms with E-state index in [0.29, 0.717) is 57.9 Å². The fourth-order valence-electron chi connectivity index (χ4n) is 8.29. The molecular formula is C40H52N8O5. The first-order valence-electron chi connectivity index (χ1n) is 19.2. The molecule has 0 bridgehead atoms. The lowest BCUT2D eigenvalue weighted by molar-refractivity contribution is -0.147. The molecule has 0 saturated carbocycles. The van der Waals surface area contributed by atoms with Gasteiger partial charge in [0.1, 0.15) is 6.04 Å². The molecule has 4 aromatic rings. The molecule has 7 rings (SSSR count). The molecule has 1 unspecified atom stereocenters. The number of nitrogens with one attached hydrogen (secondary N) is 2. The number of hydrogen-bond acceptors (Lipinski definition) is 8. The van der Waals surface area contributed by atoms with Crippen molar-refractivity contribution in [2.45, 2.75) is 77.1 Å². The summed E-state index contributed by atoms with van der Waals surface area (Å²) in [5, 5.41) is 9.63. The van der Waals surface area contributed by atoms with E-state index in [9.17, 15) is 19.2 Å². The Kier molecular flexibility index (Phi) is 11.1. The van der Waals surface area contributed by atoms with Crippen LogP contribution in [0.1, 0.15) is 61.6 Å². The van der Waals surface area contributed by atoms with Crippen LogP contribution in [-0.2, 0) is 27.5 Å². The Balaban J connectivity index is 1.05. The number of aromatic nitrogens is 3. The number of benzene rings is 2. The van der Waals surface area contributed by atoms with Gasteiger partial charge < -0.3 is 29.7 Å². The summed E-state index contributed by atoms with van der Waals surface area (Å²) < 4.78 is 6.89. The van der Waals surface area contributed by atoms with E-state index in [1.807, 2.05) is 60.5 Å². The molecular weight excluding hydrogens is 672 g/mol. The van der Waals surface area contributed by atoms with Gasteiger partial charge in [-0.25, -0.2) is 9.48 Å². The van der Waals surface area contributed by atoms with Crippen LogP contribution < -0.4 is 10.9 Å². The molecule has 13 heteroatoms. The van der Waals surface area contributed by atoms with Gasteiger partial charge in [-0.3, -0.25) is 19.3 Å². The zero-order chi connectivity index (χ0) is 37.1. The topological polar surface area (TPSA) is 136 Å². The Morgan fingerprint density at radius 2 is 1.66 bits per heavy atom. The summed E-state index contributed by atoms with van der Waals surface area (Å²) in [7, 11) is 2.17. The van der Waals surface area contributed by atoms with Gasteiger partial charge in [0.2, 0.25) is 5.91 Å². The first kappa shape index (κ1) is 36.6. The number of nitrogens with zero attached hydrogens (tertiary/aromatic N) is 6. The van der Waals surface area contributed by atoms with Crippen LogP contribution in [0.15, 0.2) is 53.5 Å². The Hall–Kier alpha value is -4.75. The molecule has 2 N–H and O–H groups in total. The lowest BCUT2D eigenvalue weighted by Gasteiger charge is -2.43. The van der Waals surface area contributed by atoms with Crippen LogP contribution in [0.3, 0.4) is 0 Å². The summed E-state index contributed by atoms with van der Waals surface area (Å²) in [5.74, 6) is -0.316. The number of ether oxygens (including phenoxy) is 1. The molecule has 0 spiro atoms. The van der Waals surface area contributed by atoms with Gasteiger partial charge in [-0.15, -0.1) is 0 Å². The predicted octanol–water partition coefficient (Wildman–Crippen LogP) is 3.84. The second-order valence-electron chi connectivity index (χ2n) is 15.0. The molecule has 3 saturated heterocycles. The van der Waals surface area contributed by atoms with Crippen molar-refractivity contribution in [1.82, 2.24) is 39.7 Å². The fourth-order valence-corrected chi connectivity index (χ4v) is 8.29. The SMILES string of the molecule is CCC(=O)OCn1cc2cc(CC(NC(=O)N3CCC(c4cc5ccccc5[nH]c4=O)CC3)C(=O)N3CCN(C4CCN(C)CC4)CC3)cc(C)c2n1. The summed E-state index contributed by atoms with van der Waals surface area (Å²) in [4.78, 5) is 64.5. The van der Waals surface area contributed by atoms with E-state index in [4.69, 9.17) is 4.74 Å². The lowest BCUT2D eigenvalue weighted by atomic mass is 9.89. The van der Waals surface area contributed by atoms with Crippen molar-refractivity contribution >= 4 is 39.7 Å². The van der Waals surface area contributed by atoms with Crippen molar-refractivity contribution in [2.24, 2.45) is 0 Å². The zero-order valence-electron chi connectivity index (χ0n) is 31.2. The standard InChI is InChI=1S/C40H52N8O5/c1-4-36(49)53-26-48-25-31-22-28(21-27(2)37(31)43-48)23-35(39(51)46-19-17-45(18-20-46)32-11-13-44(3)14-12-32)42-40(52)47-15-9-29(10-16-47)33-24-30-7-5-6-8-34(30)41-38(33)50/h5-8,21-22,24-25,29,32,35H,4,9-20,23,26H2,1-3H3,(H,41,50)(H,42,52). The molecule has 3 amide bonds. The van der Waals surface area contributed by atoms with Crippen molar-refractivity contribution in [3.63, 3.8) is 0 Å². The van der Waals surface area contributed by atoms with Crippen LogP contribution in [0.5, 0.6) is 0 Å². The van der Waals surface area contributed by atoms with Crippen LogP contribution in [0.2, 0.25) is 0 Å². The molecule has 1 atom stereocenters. The third-order valence-electron chi connectivity index (χ3n) is 11.4. The molecule has 2 aromatic carbocycles. The van der Waals surface area contributed by atoms with Gasteiger partial charge in [-0.05, 0) is 93.4 Å². The van der Waals surface area contributed by atoms with E-state index in [-0.39, 0.29) is 36.1 Å². The highest BCUT2D eigenvalue weighted by Gasteiger charge is 2.34. The fraction of sp³-hybridized carbons (Fsp3) is 0.525. The smallest absolute Gasteiger partial charge is 0.318 e. The number of piperidine rings is 2. The second kappa shape index (κ2) is 16.1. The van der Waals surface area contributed by atoms with E-state index in [1.54, 1.807) is 16.5 Å². The van der Waals surface area contributed by atoms with Crippen LogP contribution in [-0.4, -0.2) is 124 Å². The summed E-state index contributed by atoms with van der Waals surface area (Å²) >= 11 is 0. The quantitative estimate of drug-likeness (QED) is 0.249. The molecule has 2 aromatic heterocycles. The van der Waals surface area contributed by atoms with E-state index in [1.165, 1.54) is 0 Å². The minimum absolute atomic E-state index is 0.0305. The van der Waals surface area contributed by atoms with Crippen LogP contribution in [0.4, 0.5) is 4.79 Å². The van der Waals surface area contributed by atoms with Crippen molar-refractivity contribution < 1.29 is 19.1 Å². The molecule has 0 aliphatic carbocycles. The summed E-state index contributed by atoms with van der Waals surface area (Å²) in [6.45, 7) is 9.85. The number of piperazine rings is 1. The third-order valence-corrected chi connectivity index (χ3v) is 11.4. The maximum Gasteiger partial charge on any atom is 0.318 e. The summed E-state index contributed by atoms with van der Waals surface area (Å²) in [6, 6.07) is 13.3. The summed E-state index contributed by atoms with van der Waals surface area (Å²) in [6.07, 6.45) is 6.09. The van der Waals surface area contributed by atoms with Crippen LogP contribution in [0, 0.1) is 6.92 Å². The number of pyridine rings is 1. The van der Waals surface area contributed by atoms with Gasteiger partial charge in [0.15, 0.2) is 6.73 Å². The monoisotopic (exact) mass is 724 g/mol. The number of rotatable bonds is 9. The van der Waals surface area contributed by atoms with Gasteiger partial charge in [-0.2, -0.15) is 5.10 Å². The number of hydrogen-bond donors (Lipinski definition) is 2. The first-order chi connectivity index (χ1) is 25.6. The van der Waals surface area contributed by atoms with Crippen molar-refractivity contribution in [1.29, 1.82) is 0 Å². The Labute approximate surface area is 310 Å². The summed E-state index contributed by atoms with van der Waals surface area (Å²) in [5.41, 5.74) is 4.15. The normalized spacial score (nSPS) is 18.8. The van der Waals surface area contributed by atoms with Crippen LogP contribution in [0.25, 0.3) is 21.8 Å². The number of aryl methyl sites for hydroxylation is 1. The van der Waals surface area contributed by atoms with E-state index in [2.05, 4.69) is 32.2 Å². The van der Waals surface area contributed by atoms with Gasteiger partial charge in [-0.1, -0.05) is 31.2 Å². The van der Waals surface area contributed by atoms with Crippen molar-refractivity contribution in [2.75, 3.05) is 59.4 Å². The average molecular weight is 725 g/mol. The molecule has 5 heterocycles. The maximum absolute atomic E-state index is 14.3. The molecule has 3 fully saturated rings. The van der Waals surface area contributed by atoms with Gasteiger partial charge in [0.05, 0.1) is 5.52 Å². The largest absolute Gasteiger partial charge is 0.442 e. The van der Waals surface area contributed by atoms with E-state index < -0.39 is 6.04 Å². The van der Waals surface area contributed by atoms with Gasteiger partial charge in [0, 0.05) is 80.8 Å². The molecule has 0 radical (unpaired) electrons. The second-order valence-corrected chi connectivity index (χ2v) is 15.0. The number of H-pyrrole nitrogens is 1. The number of urea groups is 1.